The van der Waals surface area contributed by atoms with Crippen molar-refractivity contribution in [3.05, 3.63) is 0 Å². The van der Waals surface area contributed by atoms with Crippen LogP contribution in [0.3, 0.4) is 0 Å². The van der Waals surface area contributed by atoms with Crippen LogP contribution < -0.4 is 10.0 Å². The minimum atomic E-state index is -3.21. The number of sulfonamides is 1. The van der Waals surface area contributed by atoms with Crippen LogP contribution in [0.4, 0.5) is 0 Å². The van der Waals surface area contributed by atoms with Crippen molar-refractivity contribution in [2.75, 3.05) is 25.9 Å². The Balaban J connectivity index is 2.43. The molecule has 2 unspecified atom stereocenters. The van der Waals surface area contributed by atoms with Crippen LogP contribution in [-0.2, 0) is 14.8 Å². The molecule has 1 amide bonds. The highest BCUT2D eigenvalue weighted by Gasteiger charge is 2.25. The molecule has 1 heterocycles. The molecule has 1 fully saturated rings. The number of nitrogens with zero attached hydrogens (tertiary/aromatic N) is 1. The third-order valence-corrected chi connectivity index (χ3v) is 4.13. The van der Waals surface area contributed by atoms with E-state index in [1.54, 1.807) is 4.90 Å². The predicted octanol–water partition coefficient (Wildman–Crippen LogP) is -0.0853. The maximum atomic E-state index is 12.0. The Labute approximate surface area is 116 Å². The van der Waals surface area contributed by atoms with Crippen LogP contribution >= 0.6 is 0 Å². The molecule has 0 aromatic carbocycles. The van der Waals surface area contributed by atoms with Crippen LogP contribution in [0.1, 0.15) is 33.1 Å². The lowest BCUT2D eigenvalue weighted by molar-refractivity contribution is -0.131. The van der Waals surface area contributed by atoms with Gasteiger partial charge in [-0.25, -0.2) is 13.1 Å². The summed E-state index contributed by atoms with van der Waals surface area (Å²) in [6.07, 6.45) is 3.75. The minimum absolute atomic E-state index is 0.0419. The molecule has 0 aliphatic carbocycles. The van der Waals surface area contributed by atoms with Crippen molar-refractivity contribution < 1.29 is 13.2 Å². The molecule has 7 heteroatoms. The number of hydrogen-bond donors (Lipinski definition) is 2. The summed E-state index contributed by atoms with van der Waals surface area (Å²) in [6.45, 7) is 5.60. The monoisotopic (exact) mass is 291 g/mol. The molecule has 0 radical (unpaired) electrons. The van der Waals surface area contributed by atoms with Gasteiger partial charge >= 0.3 is 0 Å². The molecule has 0 aromatic heterocycles. The van der Waals surface area contributed by atoms with Gasteiger partial charge in [0, 0.05) is 25.2 Å². The lowest BCUT2D eigenvalue weighted by Crippen LogP contribution is -2.51. The Morgan fingerprint density at radius 1 is 1.47 bits per heavy atom. The number of piperidine rings is 1. The average molecular weight is 291 g/mol. The molecular weight excluding hydrogens is 266 g/mol. The fraction of sp³-hybridized carbons (Fsp3) is 0.917. The Kier molecular flexibility index (Phi) is 6.22. The lowest BCUT2D eigenvalue weighted by atomic mass is 10.1. The zero-order chi connectivity index (χ0) is 14.5. The number of carbonyl (C=O) groups excluding carboxylic acids is 1. The van der Waals surface area contributed by atoms with E-state index in [-0.39, 0.29) is 11.9 Å². The Hall–Kier alpha value is -0.660. The average Bonchev–Trinajstić information content (AvgIpc) is 2.33. The fourth-order valence-electron chi connectivity index (χ4n) is 2.12. The van der Waals surface area contributed by atoms with E-state index < -0.39 is 10.0 Å². The third kappa shape index (κ3) is 6.35. The molecule has 19 heavy (non-hydrogen) atoms. The first-order valence-corrected chi connectivity index (χ1v) is 8.69. The van der Waals surface area contributed by atoms with Gasteiger partial charge in [-0.15, -0.1) is 0 Å². The summed E-state index contributed by atoms with van der Waals surface area (Å²) >= 11 is 0. The molecule has 1 aliphatic heterocycles. The summed E-state index contributed by atoms with van der Waals surface area (Å²) in [4.78, 5) is 13.8. The van der Waals surface area contributed by atoms with Crippen LogP contribution in [0.2, 0.25) is 0 Å². The van der Waals surface area contributed by atoms with Gasteiger partial charge in [0.15, 0.2) is 0 Å². The van der Waals surface area contributed by atoms with Gasteiger partial charge in [-0.05, 0) is 26.2 Å². The minimum Gasteiger partial charge on any atom is -0.340 e. The van der Waals surface area contributed by atoms with Crippen LogP contribution in [0.25, 0.3) is 0 Å². The Morgan fingerprint density at radius 3 is 2.74 bits per heavy atom. The number of likely N-dealkylation sites (tertiary alicyclic amines) is 1. The van der Waals surface area contributed by atoms with Crippen molar-refractivity contribution in [2.45, 2.75) is 45.2 Å². The molecule has 0 spiro atoms. The van der Waals surface area contributed by atoms with Crippen molar-refractivity contribution in [1.82, 2.24) is 14.9 Å². The maximum Gasteiger partial charge on any atom is 0.236 e. The zero-order valence-corrected chi connectivity index (χ0v) is 12.8. The van der Waals surface area contributed by atoms with Crippen molar-refractivity contribution in [3.63, 3.8) is 0 Å². The number of rotatable bonds is 6. The van der Waals surface area contributed by atoms with Crippen molar-refractivity contribution in [1.29, 1.82) is 0 Å². The van der Waals surface area contributed by atoms with E-state index in [1.165, 1.54) is 0 Å². The largest absolute Gasteiger partial charge is 0.340 e. The highest BCUT2D eigenvalue weighted by molar-refractivity contribution is 7.88. The van der Waals surface area contributed by atoms with Gasteiger partial charge in [0.2, 0.25) is 15.9 Å². The highest BCUT2D eigenvalue weighted by Crippen LogP contribution is 2.10. The first kappa shape index (κ1) is 16.4. The van der Waals surface area contributed by atoms with Gasteiger partial charge in [0.05, 0.1) is 12.8 Å². The Morgan fingerprint density at radius 2 is 2.16 bits per heavy atom. The molecular formula is C12H25N3O3S. The van der Waals surface area contributed by atoms with Crippen molar-refractivity contribution in [2.24, 2.45) is 0 Å². The summed E-state index contributed by atoms with van der Waals surface area (Å²) in [5, 5.41) is 3.16. The third-order valence-electron chi connectivity index (χ3n) is 3.37. The molecule has 2 atom stereocenters. The van der Waals surface area contributed by atoms with Gasteiger partial charge in [0.25, 0.3) is 0 Å². The zero-order valence-electron chi connectivity index (χ0n) is 12.0. The SMILES string of the molecule is CCC(C)NCC(=O)N1CCCC(NS(C)(=O)=O)C1. The maximum absolute atomic E-state index is 12.0. The summed E-state index contributed by atoms with van der Waals surface area (Å²) < 4.78 is 25.0. The molecule has 0 saturated carbocycles. The van der Waals surface area contributed by atoms with Gasteiger partial charge in [-0.3, -0.25) is 4.79 Å². The lowest BCUT2D eigenvalue weighted by Gasteiger charge is -2.33. The quantitative estimate of drug-likeness (QED) is 0.717. The standard InChI is InChI=1S/C12H25N3O3S/c1-4-10(2)13-8-12(16)15-7-5-6-11(9-15)14-19(3,17)18/h10-11,13-14H,4-9H2,1-3H3. The molecule has 112 valence electrons. The van der Waals surface area contributed by atoms with E-state index in [2.05, 4.69) is 17.0 Å². The van der Waals surface area contributed by atoms with Crippen LogP contribution in [0, 0.1) is 0 Å². The van der Waals surface area contributed by atoms with Gasteiger partial charge < -0.3 is 10.2 Å². The first-order valence-electron chi connectivity index (χ1n) is 6.80. The highest BCUT2D eigenvalue weighted by atomic mass is 32.2. The van der Waals surface area contributed by atoms with Gasteiger partial charge in [-0.2, -0.15) is 0 Å². The second kappa shape index (κ2) is 7.21. The van der Waals surface area contributed by atoms with Crippen LogP contribution in [-0.4, -0.2) is 57.2 Å². The van der Waals surface area contributed by atoms with E-state index in [4.69, 9.17) is 0 Å². The molecule has 1 rings (SSSR count). The van der Waals surface area contributed by atoms with Gasteiger partial charge in [-0.1, -0.05) is 6.92 Å². The van der Waals surface area contributed by atoms with Crippen molar-refractivity contribution in [3.8, 4) is 0 Å². The van der Waals surface area contributed by atoms with E-state index in [0.29, 0.717) is 25.7 Å². The normalized spacial score (nSPS) is 22.3. The second-order valence-corrected chi connectivity index (χ2v) is 7.04. The first-order chi connectivity index (χ1) is 8.81. The van der Waals surface area contributed by atoms with Crippen molar-refractivity contribution >= 4 is 15.9 Å². The fourth-order valence-corrected chi connectivity index (χ4v) is 2.92. The smallest absolute Gasteiger partial charge is 0.236 e. The predicted molar refractivity (Wildman–Crippen MR) is 75.3 cm³/mol. The molecule has 1 aliphatic rings. The van der Waals surface area contributed by atoms with E-state index in [9.17, 15) is 13.2 Å². The summed E-state index contributed by atoms with van der Waals surface area (Å²) in [6, 6.07) is 0.162. The summed E-state index contributed by atoms with van der Waals surface area (Å²) in [5.41, 5.74) is 0. The molecule has 2 N–H and O–H groups in total. The van der Waals surface area contributed by atoms with Crippen LogP contribution in [0.5, 0.6) is 0 Å². The topological polar surface area (TPSA) is 78.5 Å². The summed E-state index contributed by atoms with van der Waals surface area (Å²) in [7, 11) is -3.21. The second-order valence-electron chi connectivity index (χ2n) is 5.26. The van der Waals surface area contributed by atoms with Gasteiger partial charge in [0.1, 0.15) is 0 Å². The molecule has 6 nitrogen and oxygen atoms in total. The molecule has 0 bridgehead atoms. The van der Waals surface area contributed by atoms with E-state index in [1.807, 2.05) is 6.92 Å². The number of amides is 1. The van der Waals surface area contributed by atoms with E-state index in [0.717, 1.165) is 25.5 Å². The molecule has 1 saturated heterocycles. The summed E-state index contributed by atoms with van der Waals surface area (Å²) in [5.74, 6) is 0.0419. The Bertz CT molecular complexity index is 397. The number of carbonyl (C=O) groups is 1. The van der Waals surface area contributed by atoms with Crippen LogP contribution in [0.15, 0.2) is 0 Å². The number of hydrogen-bond acceptors (Lipinski definition) is 4. The molecule has 0 aromatic rings. The number of nitrogens with one attached hydrogen (secondary N) is 2. The van der Waals surface area contributed by atoms with E-state index >= 15 is 0 Å².